The maximum absolute atomic E-state index is 14.1. The molecule has 17 heteroatoms. The van der Waals surface area contributed by atoms with Crippen LogP contribution in [0.5, 0.6) is 11.5 Å². The molecule has 0 aliphatic carbocycles. The molecule has 2 aromatic rings. The van der Waals surface area contributed by atoms with Crippen LogP contribution < -0.4 is 19.7 Å². The fraction of sp³-hybridized carbons (Fsp3) is 0.400. The number of hydrogen-bond donors (Lipinski definition) is 2. The summed E-state index contributed by atoms with van der Waals surface area (Å²) in [4.78, 5) is 47.8. The number of carboxylic acids is 1. The highest BCUT2D eigenvalue weighted by molar-refractivity contribution is 5.96. The first-order valence-electron chi connectivity index (χ1n) is 14.0. The van der Waals surface area contributed by atoms with Crippen LogP contribution in [-0.4, -0.2) is 105 Å². The molecule has 2 aromatic carbocycles. The molecule has 1 saturated heterocycles. The average Bonchev–Trinajstić information content (AvgIpc) is 3.03. The number of alkyl halides is 3. The normalized spacial score (nSPS) is 16.0. The lowest BCUT2D eigenvalue weighted by molar-refractivity contribution is -0.167. The van der Waals surface area contributed by atoms with E-state index in [1.807, 2.05) is 25.1 Å². The van der Waals surface area contributed by atoms with Crippen molar-refractivity contribution in [3.8, 4) is 11.5 Å². The number of urea groups is 1. The first-order chi connectivity index (χ1) is 22.1. The van der Waals surface area contributed by atoms with Crippen molar-refractivity contribution < 1.29 is 60.4 Å². The summed E-state index contributed by atoms with van der Waals surface area (Å²) in [6, 6.07) is 2.60. The van der Waals surface area contributed by atoms with Crippen LogP contribution in [0.4, 0.5) is 32.4 Å². The van der Waals surface area contributed by atoms with E-state index in [-0.39, 0.29) is 13.2 Å². The number of rotatable bonds is 7. The van der Waals surface area contributed by atoms with Crippen molar-refractivity contribution in [2.24, 2.45) is 0 Å². The molecule has 4 rings (SSSR count). The molecule has 2 aliphatic rings. The third-order valence-electron chi connectivity index (χ3n) is 7.05. The number of hydrogen-bond acceptors (Lipinski definition) is 8. The number of fused-ring (bicyclic) bond motifs is 1. The van der Waals surface area contributed by atoms with Crippen molar-refractivity contribution in [3.05, 3.63) is 58.3 Å². The summed E-state index contributed by atoms with van der Waals surface area (Å²) in [6.45, 7) is 2.94. The maximum atomic E-state index is 14.1. The predicted octanol–water partition coefficient (Wildman–Crippen LogP) is 3.81. The summed E-state index contributed by atoms with van der Waals surface area (Å²) in [5.74, 6) is -4.11. The first-order valence-corrected chi connectivity index (χ1v) is 14.0. The van der Waals surface area contributed by atoms with Gasteiger partial charge in [0.2, 0.25) is 6.41 Å². The number of ether oxygens (including phenoxy) is 3. The molecule has 47 heavy (non-hydrogen) atoms. The van der Waals surface area contributed by atoms with Crippen LogP contribution in [0.2, 0.25) is 0 Å². The zero-order chi connectivity index (χ0) is 35.1. The highest BCUT2D eigenvalue weighted by atomic mass is 19.4. The molecule has 1 fully saturated rings. The van der Waals surface area contributed by atoms with Crippen molar-refractivity contribution in [2.75, 3.05) is 58.5 Å². The molecule has 1 atom stereocenters. The number of morpholine rings is 1. The van der Waals surface area contributed by atoms with E-state index < -0.39 is 66.2 Å². The molecule has 0 spiro atoms. The van der Waals surface area contributed by atoms with Crippen molar-refractivity contribution in [2.45, 2.75) is 26.1 Å². The second kappa shape index (κ2) is 15.6. The van der Waals surface area contributed by atoms with Gasteiger partial charge in [0.15, 0.2) is 11.5 Å². The number of benzene rings is 2. The van der Waals surface area contributed by atoms with Gasteiger partial charge in [0.1, 0.15) is 43.0 Å². The van der Waals surface area contributed by atoms with E-state index in [4.69, 9.17) is 19.3 Å². The first kappa shape index (κ1) is 36.5. The van der Waals surface area contributed by atoms with Gasteiger partial charge in [-0.15, -0.1) is 0 Å². The van der Waals surface area contributed by atoms with Crippen molar-refractivity contribution in [1.29, 1.82) is 0 Å². The minimum atomic E-state index is -4.68. The number of carboxylic acid groups (broad SMARTS) is 1. The van der Waals surface area contributed by atoms with Crippen LogP contribution >= 0.6 is 0 Å². The Morgan fingerprint density at radius 2 is 1.68 bits per heavy atom. The smallest absolute Gasteiger partial charge is 0.411 e. The number of allylic oxidation sites excluding steroid dienone is 1. The summed E-state index contributed by atoms with van der Waals surface area (Å²) in [5.41, 5.74) is 1.08. The number of nitrogens with zero attached hydrogens (tertiary/aromatic N) is 3. The number of nitrogens with one attached hydrogen (secondary N) is 1. The van der Waals surface area contributed by atoms with Gasteiger partial charge in [-0.05, 0) is 37.6 Å². The second-order valence-electron chi connectivity index (χ2n) is 10.4. The van der Waals surface area contributed by atoms with Gasteiger partial charge in [0.25, 0.3) is 5.91 Å². The SMILES string of the molecule is C/C(=C\c1ccc(C)c2c1OCCO2)N(C)C(=O)N(C)C=O.O=C(O)CNC(=O)c1c(F)cc(N2CCOCC2C(F)(F)F)cc1F. The Bertz CT molecular complexity index is 1510. The number of carbonyl (C=O) groups is 4. The number of carbonyl (C=O) groups excluding carboxylic acids is 3. The Hall–Kier alpha value is -4.93. The van der Waals surface area contributed by atoms with Gasteiger partial charge in [-0.1, -0.05) is 12.1 Å². The summed E-state index contributed by atoms with van der Waals surface area (Å²) in [5, 5.41) is 10.2. The fourth-order valence-corrected chi connectivity index (χ4v) is 4.53. The number of imide groups is 1. The summed E-state index contributed by atoms with van der Waals surface area (Å²) >= 11 is 0. The molecule has 1 unspecified atom stereocenters. The van der Waals surface area contributed by atoms with E-state index >= 15 is 0 Å². The second-order valence-corrected chi connectivity index (χ2v) is 10.4. The molecule has 4 amide bonds. The number of aryl methyl sites for hydroxylation is 1. The summed E-state index contributed by atoms with van der Waals surface area (Å²) in [7, 11) is 3.04. The molecule has 0 bridgehead atoms. The quantitative estimate of drug-likeness (QED) is 0.332. The highest BCUT2D eigenvalue weighted by Gasteiger charge is 2.45. The Labute approximate surface area is 266 Å². The maximum Gasteiger partial charge on any atom is 0.411 e. The van der Waals surface area contributed by atoms with Crippen molar-refractivity contribution in [3.63, 3.8) is 0 Å². The number of halogens is 5. The molecule has 256 valence electrons. The van der Waals surface area contributed by atoms with Gasteiger partial charge in [-0.25, -0.2) is 13.6 Å². The van der Waals surface area contributed by atoms with Gasteiger partial charge in [0.05, 0.1) is 13.2 Å². The minimum absolute atomic E-state index is 0.0589. The number of aliphatic carboxylic acids is 1. The van der Waals surface area contributed by atoms with Crippen LogP contribution in [0.1, 0.15) is 28.4 Å². The Morgan fingerprint density at radius 3 is 2.26 bits per heavy atom. The Morgan fingerprint density at radius 1 is 1.06 bits per heavy atom. The molecule has 0 radical (unpaired) electrons. The topological polar surface area (TPSA) is 138 Å². The molecular weight excluding hydrogens is 639 g/mol. The van der Waals surface area contributed by atoms with Crippen molar-refractivity contribution in [1.82, 2.24) is 15.1 Å². The van der Waals surface area contributed by atoms with Gasteiger partial charge < -0.3 is 34.4 Å². The van der Waals surface area contributed by atoms with E-state index in [9.17, 15) is 41.1 Å². The van der Waals surface area contributed by atoms with Gasteiger partial charge in [-0.3, -0.25) is 19.3 Å². The largest absolute Gasteiger partial charge is 0.486 e. The standard InChI is InChI=1S/C16H20N2O4.C14H13F5N2O4/c1-11-5-6-13(15-14(11)21-7-8-22-15)9-12(2)18(4)16(20)17(3)10-19;15-8-3-7(21-1-2-25-6-10(21)14(17,18)19)4-9(16)12(8)13(24)20-5-11(22)23/h5-6,9-10H,7-8H2,1-4H3;3-4,10H,1-2,5-6H2,(H,20,24)(H,22,23)/b12-9+;. The van der Waals surface area contributed by atoms with E-state index in [0.717, 1.165) is 26.7 Å². The lowest BCUT2D eigenvalue weighted by Gasteiger charge is -2.38. The van der Waals surface area contributed by atoms with E-state index in [1.165, 1.54) is 11.9 Å². The molecule has 0 saturated carbocycles. The Kier molecular flexibility index (Phi) is 12.1. The number of anilines is 1. The predicted molar refractivity (Wildman–Crippen MR) is 157 cm³/mol. The fourth-order valence-electron chi connectivity index (χ4n) is 4.53. The minimum Gasteiger partial charge on any atom is -0.486 e. The van der Waals surface area contributed by atoms with Crippen LogP contribution in [-0.2, 0) is 14.3 Å². The summed E-state index contributed by atoms with van der Waals surface area (Å²) < 4.78 is 83.4. The zero-order valence-electron chi connectivity index (χ0n) is 25.8. The lowest BCUT2D eigenvalue weighted by atomic mass is 10.1. The molecule has 12 nitrogen and oxygen atoms in total. The van der Waals surface area contributed by atoms with E-state index in [0.29, 0.717) is 43.2 Å². The van der Waals surface area contributed by atoms with E-state index in [1.54, 1.807) is 19.3 Å². The zero-order valence-corrected chi connectivity index (χ0v) is 25.8. The van der Waals surface area contributed by atoms with Crippen LogP contribution in [0, 0.1) is 18.6 Å². The van der Waals surface area contributed by atoms with Crippen LogP contribution in [0.3, 0.4) is 0 Å². The van der Waals surface area contributed by atoms with Crippen LogP contribution in [0.25, 0.3) is 6.08 Å². The van der Waals surface area contributed by atoms with Gasteiger partial charge in [-0.2, -0.15) is 13.2 Å². The average molecular weight is 673 g/mol. The molecular formula is C30H33F5N4O8. The molecule has 2 heterocycles. The van der Waals surface area contributed by atoms with Gasteiger partial charge >= 0.3 is 18.2 Å². The highest BCUT2D eigenvalue weighted by Crippen LogP contribution is 2.38. The summed E-state index contributed by atoms with van der Waals surface area (Å²) in [6.07, 6.45) is -2.36. The molecule has 0 aromatic heterocycles. The van der Waals surface area contributed by atoms with Crippen LogP contribution in [0.15, 0.2) is 30.0 Å². The molecule has 2 aliphatic heterocycles. The third kappa shape index (κ3) is 9.08. The molecule has 2 N–H and O–H groups in total. The monoisotopic (exact) mass is 672 g/mol. The van der Waals surface area contributed by atoms with Gasteiger partial charge in [0, 0.05) is 37.6 Å². The Balaban J connectivity index is 0.000000257. The van der Waals surface area contributed by atoms with Crippen molar-refractivity contribution >= 4 is 36.1 Å². The number of amides is 4. The lowest BCUT2D eigenvalue weighted by Crippen LogP contribution is -2.53. The third-order valence-corrected chi connectivity index (χ3v) is 7.05. The van der Waals surface area contributed by atoms with E-state index in [2.05, 4.69) is 0 Å².